The van der Waals surface area contributed by atoms with E-state index in [9.17, 15) is 0 Å². The normalized spacial score (nSPS) is 10.7. The van der Waals surface area contributed by atoms with E-state index in [0.717, 1.165) is 29.5 Å². The SMILES string of the molecule is CCNCCc1nnc(-c2ccccc2I)s1. The monoisotopic (exact) mass is 359 g/mol. The van der Waals surface area contributed by atoms with E-state index < -0.39 is 0 Å². The van der Waals surface area contributed by atoms with Crippen LogP contribution in [0, 0.1) is 3.57 Å². The minimum atomic E-state index is 0.953. The van der Waals surface area contributed by atoms with Crippen LogP contribution in [0.2, 0.25) is 0 Å². The highest BCUT2D eigenvalue weighted by molar-refractivity contribution is 14.1. The number of likely N-dealkylation sites (N-methyl/N-ethyl adjacent to an activating group) is 1. The van der Waals surface area contributed by atoms with Gasteiger partial charge >= 0.3 is 0 Å². The number of halogens is 1. The molecule has 0 unspecified atom stereocenters. The van der Waals surface area contributed by atoms with Crippen LogP contribution in [-0.4, -0.2) is 23.3 Å². The zero-order chi connectivity index (χ0) is 12.1. The quantitative estimate of drug-likeness (QED) is 0.659. The average molecular weight is 359 g/mol. The third kappa shape index (κ3) is 3.46. The second-order valence-corrected chi connectivity index (χ2v) is 5.81. The lowest BCUT2D eigenvalue weighted by Crippen LogP contribution is -2.15. The van der Waals surface area contributed by atoms with Crippen molar-refractivity contribution in [2.24, 2.45) is 0 Å². The van der Waals surface area contributed by atoms with Crippen molar-refractivity contribution in [1.82, 2.24) is 15.5 Å². The van der Waals surface area contributed by atoms with E-state index in [1.807, 2.05) is 12.1 Å². The number of benzene rings is 1. The van der Waals surface area contributed by atoms with Gasteiger partial charge in [0.15, 0.2) is 0 Å². The minimum absolute atomic E-state index is 0.953. The van der Waals surface area contributed by atoms with Crippen molar-refractivity contribution in [2.45, 2.75) is 13.3 Å². The van der Waals surface area contributed by atoms with Gasteiger partial charge in [-0.05, 0) is 35.2 Å². The Morgan fingerprint density at radius 1 is 1.29 bits per heavy atom. The van der Waals surface area contributed by atoms with Gasteiger partial charge < -0.3 is 5.32 Å². The lowest BCUT2D eigenvalue weighted by Gasteiger charge is -1.98. The minimum Gasteiger partial charge on any atom is -0.317 e. The van der Waals surface area contributed by atoms with Crippen LogP contribution in [0.5, 0.6) is 0 Å². The first-order valence-corrected chi connectivity index (χ1v) is 7.48. The molecule has 0 spiro atoms. The van der Waals surface area contributed by atoms with Gasteiger partial charge in [-0.1, -0.05) is 36.5 Å². The maximum Gasteiger partial charge on any atom is 0.148 e. The summed E-state index contributed by atoms with van der Waals surface area (Å²) in [5.41, 5.74) is 1.18. The summed E-state index contributed by atoms with van der Waals surface area (Å²) in [6, 6.07) is 8.27. The molecule has 0 atom stereocenters. The molecule has 90 valence electrons. The van der Waals surface area contributed by atoms with E-state index in [1.54, 1.807) is 11.3 Å². The van der Waals surface area contributed by atoms with Crippen LogP contribution < -0.4 is 5.32 Å². The van der Waals surface area contributed by atoms with Crippen LogP contribution in [0.25, 0.3) is 10.6 Å². The molecule has 1 aromatic carbocycles. The van der Waals surface area contributed by atoms with Gasteiger partial charge in [0.25, 0.3) is 0 Å². The van der Waals surface area contributed by atoms with Crippen LogP contribution in [-0.2, 0) is 6.42 Å². The largest absolute Gasteiger partial charge is 0.317 e. The number of nitrogens with one attached hydrogen (secondary N) is 1. The van der Waals surface area contributed by atoms with Crippen LogP contribution >= 0.6 is 33.9 Å². The Labute approximate surface area is 119 Å². The van der Waals surface area contributed by atoms with Gasteiger partial charge in [-0.15, -0.1) is 10.2 Å². The Balaban J connectivity index is 2.10. The van der Waals surface area contributed by atoms with Crippen molar-refractivity contribution in [3.63, 3.8) is 0 Å². The molecule has 0 bridgehead atoms. The molecule has 0 saturated carbocycles. The summed E-state index contributed by atoms with van der Waals surface area (Å²) >= 11 is 4.02. The summed E-state index contributed by atoms with van der Waals surface area (Å²) in [7, 11) is 0. The predicted octanol–water partition coefficient (Wildman–Crippen LogP) is 2.96. The molecule has 1 N–H and O–H groups in total. The lowest BCUT2D eigenvalue weighted by atomic mass is 10.2. The maximum absolute atomic E-state index is 4.26. The number of hydrogen-bond acceptors (Lipinski definition) is 4. The van der Waals surface area contributed by atoms with E-state index >= 15 is 0 Å². The van der Waals surface area contributed by atoms with Gasteiger partial charge in [0.2, 0.25) is 0 Å². The van der Waals surface area contributed by atoms with Gasteiger partial charge in [0.1, 0.15) is 10.0 Å². The summed E-state index contributed by atoms with van der Waals surface area (Å²) in [6.45, 7) is 4.08. The molecule has 0 radical (unpaired) electrons. The van der Waals surface area contributed by atoms with Crippen molar-refractivity contribution in [3.05, 3.63) is 32.8 Å². The van der Waals surface area contributed by atoms with Gasteiger partial charge in [0, 0.05) is 22.1 Å². The standard InChI is InChI=1S/C12H14IN3S/c1-2-14-8-7-11-15-16-12(17-11)9-5-3-4-6-10(9)13/h3-6,14H,2,7-8H2,1H3. The van der Waals surface area contributed by atoms with Crippen molar-refractivity contribution in [2.75, 3.05) is 13.1 Å². The molecule has 0 aliphatic heterocycles. The fraction of sp³-hybridized carbons (Fsp3) is 0.333. The molecule has 1 aromatic heterocycles. The Morgan fingerprint density at radius 3 is 2.88 bits per heavy atom. The number of aromatic nitrogens is 2. The highest BCUT2D eigenvalue weighted by Gasteiger charge is 2.08. The molecule has 1 heterocycles. The van der Waals surface area contributed by atoms with E-state index in [1.165, 1.54) is 9.13 Å². The highest BCUT2D eigenvalue weighted by atomic mass is 127. The fourth-order valence-corrected chi connectivity index (χ4v) is 3.17. The Morgan fingerprint density at radius 2 is 2.12 bits per heavy atom. The predicted molar refractivity (Wildman–Crippen MR) is 80.3 cm³/mol. The first-order valence-electron chi connectivity index (χ1n) is 5.59. The number of hydrogen-bond donors (Lipinski definition) is 1. The summed E-state index contributed by atoms with van der Waals surface area (Å²) in [6.07, 6.45) is 0.953. The van der Waals surface area contributed by atoms with Crippen LogP contribution in [0.4, 0.5) is 0 Å². The molecular formula is C12H14IN3S. The number of nitrogens with zero attached hydrogens (tertiary/aromatic N) is 2. The molecular weight excluding hydrogens is 345 g/mol. The fourth-order valence-electron chi connectivity index (χ4n) is 1.47. The Hall–Kier alpha value is -0.530. The summed E-state index contributed by atoms with van der Waals surface area (Å²) in [5.74, 6) is 0. The molecule has 17 heavy (non-hydrogen) atoms. The highest BCUT2D eigenvalue weighted by Crippen LogP contribution is 2.27. The van der Waals surface area contributed by atoms with E-state index in [2.05, 4.69) is 57.2 Å². The van der Waals surface area contributed by atoms with Crippen LogP contribution in [0.3, 0.4) is 0 Å². The number of rotatable bonds is 5. The van der Waals surface area contributed by atoms with Crippen molar-refractivity contribution >= 4 is 33.9 Å². The van der Waals surface area contributed by atoms with E-state index in [4.69, 9.17) is 0 Å². The smallest absolute Gasteiger partial charge is 0.148 e. The Bertz CT molecular complexity index is 484. The first-order chi connectivity index (χ1) is 8.31. The van der Waals surface area contributed by atoms with Crippen molar-refractivity contribution in [1.29, 1.82) is 0 Å². The van der Waals surface area contributed by atoms with Gasteiger partial charge in [0.05, 0.1) is 0 Å². The second-order valence-electron chi connectivity index (χ2n) is 3.58. The molecule has 2 rings (SSSR count). The second kappa shape index (κ2) is 6.42. The zero-order valence-corrected chi connectivity index (χ0v) is 12.6. The van der Waals surface area contributed by atoms with Crippen molar-refractivity contribution < 1.29 is 0 Å². The van der Waals surface area contributed by atoms with Gasteiger partial charge in [-0.25, -0.2) is 0 Å². The van der Waals surface area contributed by atoms with Crippen LogP contribution in [0.1, 0.15) is 11.9 Å². The third-order valence-electron chi connectivity index (χ3n) is 2.34. The molecule has 3 nitrogen and oxygen atoms in total. The topological polar surface area (TPSA) is 37.8 Å². The molecule has 2 aromatic rings. The molecule has 5 heteroatoms. The van der Waals surface area contributed by atoms with Gasteiger partial charge in [-0.3, -0.25) is 0 Å². The van der Waals surface area contributed by atoms with Crippen LogP contribution in [0.15, 0.2) is 24.3 Å². The van der Waals surface area contributed by atoms with Gasteiger partial charge in [-0.2, -0.15) is 0 Å². The third-order valence-corrected chi connectivity index (χ3v) is 4.29. The van der Waals surface area contributed by atoms with E-state index in [-0.39, 0.29) is 0 Å². The summed E-state index contributed by atoms with van der Waals surface area (Å²) in [5, 5.41) is 13.9. The molecule has 0 aliphatic rings. The lowest BCUT2D eigenvalue weighted by molar-refractivity contribution is 0.710. The molecule has 0 aliphatic carbocycles. The average Bonchev–Trinajstić information content (AvgIpc) is 2.79. The summed E-state index contributed by atoms with van der Waals surface area (Å²) < 4.78 is 1.22. The molecule has 0 amide bonds. The zero-order valence-electron chi connectivity index (χ0n) is 9.61. The van der Waals surface area contributed by atoms with Crippen molar-refractivity contribution in [3.8, 4) is 10.6 Å². The maximum atomic E-state index is 4.26. The Kier molecular flexibility index (Phi) is 4.87. The molecule has 0 fully saturated rings. The molecule has 0 saturated heterocycles. The summed E-state index contributed by atoms with van der Waals surface area (Å²) in [4.78, 5) is 0. The first kappa shape index (κ1) is 12.9. The van der Waals surface area contributed by atoms with E-state index in [0.29, 0.717) is 0 Å².